The van der Waals surface area contributed by atoms with Crippen molar-refractivity contribution in [2.24, 2.45) is 11.8 Å². The molecule has 24 heavy (non-hydrogen) atoms. The summed E-state index contributed by atoms with van der Waals surface area (Å²) in [6, 6.07) is 2.82. The Bertz CT molecular complexity index is 632. The maximum Gasteiger partial charge on any atom is 0.422 e. The van der Waals surface area contributed by atoms with E-state index in [1.807, 2.05) is 0 Å². The second-order valence-electron chi connectivity index (χ2n) is 5.58. The number of rotatable bonds is 5. The van der Waals surface area contributed by atoms with E-state index in [9.17, 15) is 27.2 Å². The van der Waals surface area contributed by atoms with Crippen molar-refractivity contribution in [3.8, 4) is 5.75 Å². The predicted molar refractivity (Wildman–Crippen MR) is 75.0 cm³/mol. The summed E-state index contributed by atoms with van der Waals surface area (Å²) in [6.07, 6.45) is -3.73. The number of carboxylic acid groups (broad SMARTS) is 1. The van der Waals surface area contributed by atoms with Crippen molar-refractivity contribution in [1.82, 2.24) is 0 Å². The van der Waals surface area contributed by atoms with Crippen LogP contribution in [0, 0.1) is 17.7 Å². The lowest BCUT2D eigenvalue weighted by Crippen LogP contribution is -2.23. The lowest BCUT2D eigenvalue weighted by Gasteiger charge is -2.16. The van der Waals surface area contributed by atoms with Crippen LogP contribution in [-0.2, 0) is 9.59 Å². The van der Waals surface area contributed by atoms with Crippen LogP contribution in [0.1, 0.15) is 19.3 Å². The standard InChI is InChI=1S/C15H15F4NO4/c16-10-3-4-11(12(6-10)24-7-15(17,18)19)20-13(21)8-1-2-9(5-8)14(22)23/h3-4,6,8-9H,1-2,5,7H2,(H,20,21)(H,22,23)/t8-,9+/m0/s1. The first-order valence-electron chi connectivity index (χ1n) is 7.18. The molecule has 1 aromatic carbocycles. The first-order valence-corrected chi connectivity index (χ1v) is 7.18. The fourth-order valence-electron chi connectivity index (χ4n) is 2.56. The minimum Gasteiger partial charge on any atom is -0.482 e. The van der Waals surface area contributed by atoms with Crippen LogP contribution in [0.3, 0.4) is 0 Å². The quantitative estimate of drug-likeness (QED) is 0.801. The molecule has 1 amide bonds. The van der Waals surface area contributed by atoms with Crippen molar-refractivity contribution in [2.45, 2.75) is 25.4 Å². The first-order chi connectivity index (χ1) is 11.2. The van der Waals surface area contributed by atoms with Crippen LogP contribution >= 0.6 is 0 Å². The Labute approximate surface area is 134 Å². The molecule has 0 aliphatic heterocycles. The molecule has 0 saturated heterocycles. The second kappa shape index (κ2) is 7.06. The van der Waals surface area contributed by atoms with Crippen molar-refractivity contribution < 1.29 is 37.0 Å². The SMILES string of the molecule is O=C(O)[C@@H]1CC[C@H](C(=O)Nc2ccc(F)cc2OCC(F)(F)F)C1. The molecule has 2 rings (SSSR count). The number of halogens is 4. The fourth-order valence-corrected chi connectivity index (χ4v) is 2.56. The minimum absolute atomic E-state index is 0.0931. The zero-order chi connectivity index (χ0) is 17.9. The van der Waals surface area contributed by atoms with Gasteiger partial charge in [0.25, 0.3) is 0 Å². The predicted octanol–water partition coefficient (Wildman–Crippen LogP) is 3.21. The summed E-state index contributed by atoms with van der Waals surface area (Å²) < 4.78 is 54.5. The van der Waals surface area contributed by atoms with Gasteiger partial charge in [0, 0.05) is 12.0 Å². The van der Waals surface area contributed by atoms with Gasteiger partial charge in [-0.1, -0.05) is 0 Å². The topological polar surface area (TPSA) is 75.6 Å². The van der Waals surface area contributed by atoms with E-state index in [0.717, 1.165) is 18.2 Å². The third kappa shape index (κ3) is 4.84. The third-order valence-electron chi connectivity index (χ3n) is 3.75. The average Bonchev–Trinajstić information content (AvgIpc) is 2.96. The molecule has 1 aliphatic carbocycles. The fraction of sp³-hybridized carbons (Fsp3) is 0.467. The molecule has 0 radical (unpaired) electrons. The van der Waals surface area contributed by atoms with Gasteiger partial charge in [0.2, 0.25) is 5.91 Å². The Kier molecular flexibility index (Phi) is 5.30. The lowest BCUT2D eigenvalue weighted by atomic mass is 10.0. The van der Waals surface area contributed by atoms with Crippen LogP contribution in [-0.4, -0.2) is 29.8 Å². The van der Waals surface area contributed by atoms with E-state index < -0.39 is 48.1 Å². The van der Waals surface area contributed by atoms with Gasteiger partial charge in [0.05, 0.1) is 11.6 Å². The maximum atomic E-state index is 13.2. The highest BCUT2D eigenvalue weighted by Gasteiger charge is 2.34. The molecule has 1 aromatic rings. The van der Waals surface area contributed by atoms with E-state index in [2.05, 4.69) is 10.1 Å². The van der Waals surface area contributed by atoms with Crippen molar-refractivity contribution in [3.63, 3.8) is 0 Å². The number of amides is 1. The molecule has 0 unspecified atom stereocenters. The van der Waals surface area contributed by atoms with Crippen LogP contribution in [0.4, 0.5) is 23.2 Å². The Morgan fingerprint density at radius 1 is 1.25 bits per heavy atom. The number of carbonyl (C=O) groups is 2. The number of carboxylic acids is 1. The number of carbonyl (C=O) groups excluding carboxylic acids is 1. The van der Waals surface area contributed by atoms with Gasteiger partial charge in [-0.2, -0.15) is 13.2 Å². The molecule has 0 aromatic heterocycles. The van der Waals surface area contributed by atoms with Gasteiger partial charge < -0.3 is 15.2 Å². The molecule has 1 aliphatic rings. The molecule has 2 N–H and O–H groups in total. The third-order valence-corrected chi connectivity index (χ3v) is 3.75. The largest absolute Gasteiger partial charge is 0.482 e. The summed E-state index contributed by atoms with van der Waals surface area (Å²) in [6.45, 7) is -1.62. The second-order valence-corrected chi connectivity index (χ2v) is 5.58. The zero-order valence-electron chi connectivity index (χ0n) is 12.4. The van der Waals surface area contributed by atoms with E-state index in [1.54, 1.807) is 0 Å². The Balaban J connectivity index is 2.06. The number of benzene rings is 1. The normalized spacial score (nSPS) is 20.7. The number of ether oxygens (including phenoxy) is 1. The molecule has 5 nitrogen and oxygen atoms in total. The van der Waals surface area contributed by atoms with Crippen LogP contribution in [0.2, 0.25) is 0 Å². The number of hydrogen-bond donors (Lipinski definition) is 2. The number of nitrogens with one attached hydrogen (secondary N) is 1. The van der Waals surface area contributed by atoms with E-state index >= 15 is 0 Å². The van der Waals surface area contributed by atoms with Crippen molar-refractivity contribution in [1.29, 1.82) is 0 Å². The molecule has 2 atom stereocenters. The highest BCUT2D eigenvalue weighted by Crippen LogP contribution is 2.33. The summed E-state index contributed by atoms with van der Waals surface area (Å²) in [7, 11) is 0. The van der Waals surface area contributed by atoms with Gasteiger partial charge in [0.1, 0.15) is 11.6 Å². The molecule has 1 fully saturated rings. The van der Waals surface area contributed by atoms with Crippen LogP contribution in [0.25, 0.3) is 0 Å². The number of alkyl halides is 3. The van der Waals surface area contributed by atoms with E-state index in [4.69, 9.17) is 5.11 Å². The first kappa shape index (κ1) is 18.0. The van der Waals surface area contributed by atoms with E-state index in [-0.39, 0.29) is 12.1 Å². The molecule has 132 valence electrons. The molecule has 0 bridgehead atoms. The smallest absolute Gasteiger partial charge is 0.422 e. The number of aliphatic carboxylic acids is 1. The molecule has 1 saturated carbocycles. The van der Waals surface area contributed by atoms with Crippen molar-refractivity contribution >= 4 is 17.6 Å². The van der Waals surface area contributed by atoms with E-state index in [0.29, 0.717) is 12.8 Å². The zero-order valence-corrected chi connectivity index (χ0v) is 12.4. The van der Waals surface area contributed by atoms with Crippen molar-refractivity contribution in [3.05, 3.63) is 24.0 Å². The van der Waals surface area contributed by atoms with Crippen molar-refractivity contribution in [2.75, 3.05) is 11.9 Å². The number of anilines is 1. The maximum absolute atomic E-state index is 13.2. The monoisotopic (exact) mass is 349 g/mol. The minimum atomic E-state index is -4.60. The van der Waals surface area contributed by atoms with Gasteiger partial charge in [-0.3, -0.25) is 9.59 Å². The molecular weight excluding hydrogens is 334 g/mol. The Morgan fingerprint density at radius 2 is 1.92 bits per heavy atom. The number of hydrogen-bond acceptors (Lipinski definition) is 3. The van der Waals surface area contributed by atoms with Gasteiger partial charge in [-0.25, -0.2) is 4.39 Å². The van der Waals surface area contributed by atoms with E-state index in [1.165, 1.54) is 0 Å². The summed E-state index contributed by atoms with van der Waals surface area (Å²) >= 11 is 0. The van der Waals surface area contributed by atoms with Crippen LogP contribution in [0.5, 0.6) is 5.75 Å². The van der Waals surface area contributed by atoms with Crippen LogP contribution < -0.4 is 10.1 Å². The van der Waals surface area contributed by atoms with Crippen LogP contribution in [0.15, 0.2) is 18.2 Å². The summed E-state index contributed by atoms with van der Waals surface area (Å²) in [5.74, 6) is -3.93. The average molecular weight is 349 g/mol. The Morgan fingerprint density at radius 3 is 2.50 bits per heavy atom. The van der Waals surface area contributed by atoms with Gasteiger partial charge >= 0.3 is 12.1 Å². The molecule has 0 spiro atoms. The molecular formula is C15H15F4NO4. The van der Waals surface area contributed by atoms with Gasteiger partial charge in [-0.05, 0) is 31.4 Å². The van der Waals surface area contributed by atoms with Gasteiger partial charge in [-0.15, -0.1) is 0 Å². The lowest BCUT2D eigenvalue weighted by molar-refractivity contribution is -0.153. The summed E-state index contributed by atoms with van der Waals surface area (Å²) in [5, 5.41) is 11.3. The summed E-state index contributed by atoms with van der Waals surface area (Å²) in [4.78, 5) is 23.0. The van der Waals surface area contributed by atoms with Gasteiger partial charge in [0.15, 0.2) is 6.61 Å². The molecule has 0 heterocycles. The highest BCUT2D eigenvalue weighted by atomic mass is 19.4. The molecule has 9 heteroatoms. The Hall–Kier alpha value is -2.32. The summed E-state index contributed by atoms with van der Waals surface area (Å²) in [5.41, 5.74) is -0.0931. The highest BCUT2D eigenvalue weighted by molar-refractivity contribution is 5.94.